The molecule has 0 radical (unpaired) electrons. The first-order valence-corrected chi connectivity index (χ1v) is 8.78. The minimum atomic E-state index is 0.560. The van der Waals surface area contributed by atoms with Crippen molar-refractivity contribution in [3.63, 3.8) is 0 Å². The molecule has 0 bridgehead atoms. The average Bonchev–Trinajstić information content (AvgIpc) is 3.22. The predicted molar refractivity (Wildman–Crippen MR) is 92.7 cm³/mol. The van der Waals surface area contributed by atoms with Gasteiger partial charge in [0.05, 0.1) is 19.3 Å². The third kappa shape index (κ3) is 3.77. The lowest BCUT2D eigenvalue weighted by Crippen LogP contribution is -2.41. The molecule has 0 unspecified atom stereocenters. The second-order valence-electron chi connectivity index (χ2n) is 6.72. The fraction of sp³-hybridized carbons (Fsp3) is 0.667. The zero-order valence-corrected chi connectivity index (χ0v) is 14.3. The highest BCUT2D eigenvalue weighted by Gasteiger charge is 2.41. The first kappa shape index (κ1) is 16.1. The quantitative estimate of drug-likeness (QED) is 0.685. The van der Waals surface area contributed by atoms with Gasteiger partial charge in [-0.3, -0.25) is 0 Å². The van der Waals surface area contributed by atoms with Crippen LogP contribution in [-0.4, -0.2) is 42.6 Å². The molecule has 0 atom stereocenters. The Morgan fingerprint density at radius 3 is 2.91 bits per heavy atom. The first-order valence-electron chi connectivity index (χ1n) is 8.78. The molecule has 2 heterocycles. The number of likely N-dealkylation sites (tertiary alicyclic amines) is 1. The molecule has 1 aliphatic carbocycles. The number of methoxy groups -OCH3 is 1. The average molecular weight is 316 g/mol. The lowest BCUT2D eigenvalue weighted by molar-refractivity contribution is 0.309. The summed E-state index contributed by atoms with van der Waals surface area (Å²) in [6.07, 6.45) is 6.89. The smallest absolute Gasteiger partial charge is 0.213 e. The lowest BCUT2D eigenvalue weighted by atomic mass is 9.86. The number of nitrogens with one attached hydrogen (secondary N) is 1. The van der Waals surface area contributed by atoms with Crippen LogP contribution < -0.4 is 10.1 Å². The van der Waals surface area contributed by atoms with Gasteiger partial charge in [0.2, 0.25) is 5.88 Å². The summed E-state index contributed by atoms with van der Waals surface area (Å²) in [7, 11) is 1.64. The van der Waals surface area contributed by atoms with E-state index >= 15 is 0 Å². The zero-order chi connectivity index (χ0) is 16.1. The highest BCUT2D eigenvalue weighted by Crippen LogP contribution is 2.45. The van der Waals surface area contributed by atoms with Gasteiger partial charge in [0, 0.05) is 25.7 Å². The summed E-state index contributed by atoms with van der Waals surface area (Å²) in [5.74, 6) is 1.68. The molecule has 0 aromatic carbocycles. The molecular weight excluding hydrogens is 288 g/mol. The van der Waals surface area contributed by atoms with Crippen LogP contribution in [0.4, 0.5) is 0 Å². The van der Waals surface area contributed by atoms with Crippen molar-refractivity contribution in [1.29, 1.82) is 0 Å². The van der Waals surface area contributed by atoms with Crippen molar-refractivity contribution in [3.8, 4) is 5.88 Å². The van der Waals surface area contributed by atoms with Crippen molar-refractivity contribution in [2.75, 3.05) is 26.7 Å². The highest BCUT2D eigenvalue weighted by molar-refractivity contribution is 5.80. The molecule has 1 saturated carbocycles. The number of nitrogens with zero attached hydrogens (tertiary/aromatic N) is 3. The van der Waals surface area contributed by atoms with Gasteiger partial charge in [-0.25, -0.2) is 9.98 Å². The lowest BCUT2D eigenvalue weighted by Gasteiger charge is -2.25. The van der Waals surface area contributed by atoms with E-state index in [0.29, 0.717) is 17.8 Å². The van der Waals surface area contributed by atoms with Crippen LogP contribution in [0.2, 0.25) is 0 Å². The Labute approximate surface area is 139 Å². The fourth-order valence-electron chi connectivity index (χ4n) is 3.89. The molecule has 1 saturated heterocycles. The van der Waals surface area contributed by atoms with Crippen LogP contribution in [0.3, 0.4) is 0 Å². The normalized spacial score (nSPS) is 20.3. The predicted octanol–water partition coefficient (Wildman–Crippen LogP) is 2.82. The maximum Gasteiger partial charge on any atom is 0.213 e. The molecule has 5 nitrogen and oxygen atoms in total. The second kappa shape index (κ2) is 7.20. The van der Waals surface area contributed by atoms with E-state index in [0.717, 1.165) is 31.3 Å². The van der Waals surface area contributed by atoms with Crippen LogP contribution in [-0.2, 0) is 6.54 Å². The molecule has 1 aliphatic heterocycles. The van der Waals surface area contributed by atoms with Crippen LogP contribution >= 0.6 is 0 Å². The fourth-order valence-corrected chi connectivity index (χ4v) is 3.89. The molecule has 1 N–H and O–H groups in total. The second-order valence-corrected chi connectivity index (χ2v) is 6.72. The minimum absolute atomic E-state index is 0.560. The summed E-state index contributed by atoms with van der Waals surface area (Å²) >= 11 is 0. The molecule has 2 fully saturated rings. The number of hydrogen-bond acceptors (Lipinski definition) is 3. The van der Waals surface area contributed by atoms with Gasteiger partial charge in [-0.05, 0) is 37.7 Å². The molecule has 5 heteroatoms. The highest BCUT2D eigenvalue weighted by atomic mass is 16.5. The van der Waals surface area contributed by atoms with Crippen LogP contribution in [0, 0.1) is 5.41 Å². The van der Waals surface area contributed by atoms with Gasteiger partial charge < -0.3 is 15.0 Å². The Bertz CT molecular complexity index is 552. The van der Waals surface area contributed by atoms with Crippen LogP contribution in [0.25, 0.3) is 0 Å². The van der Waals surface area contributed by atoms with Crippen molar-refractivity contribution >= 4 is 5.96 Å². The summed E-state index contributed by atoms with van der Waals surface area (Å²) in [6, 6.07) is 5.83. The molecule has 23 heavy (non-hydrogen) atoms. The Hall–Kier alpha value is -1.78. The number of aliphatic imine (C=N–C) groups is 1. The molecule has 2 aliphatic rings. The third-order valence-corrected chi connectivity index (χ3v) is 5.12. The SMILES string of the molecule is CCNC(=NCc1cccc(OC)n1)N1CCC2(CCCC2)C1. The number of guanidine groups is 1. The maximum atomic E-state index is 5.19. The summed E-state index contributed by atoms with van der Waals surface area (Å²) in [6.45, 7) is 5.89. The molecule has 3 rings (SSSR count). The van der Waals surface area contributed by atoms with Crippen molar-refractivity contribution in [1.82, 2.24) is 15.2 Å². The Balaban J connectivity index is 1.68. The number of rotatable bonds is 4. The van der Waals surface area contributed by atoms with Gasteiger partial charge in [-0.2, -0.15) is 0 Å². The van der Waals surface area contributed by atoms with Gasteiger partial charge in [-0.15, -0.1) is 0 Å². The molecule has 1 spiro atoms. The topological polar surface area (TPSA) is 49.8 Å². The molecule has 1 aromatic rings. The van der Waals surface area contributed by atoms with Gasteiger partial charge >= 0.3 is 0 Å². The van der Waals surface area contributed by atoms with Gasteiger partial charge in [0.1, 0.15) is 0 Å². The van der Waals surface area contributed by atoms with Crippen molar-refractivity contribution < 1.29 is 4.74 Å². The van der Waals surface area contributed by atoms with Crippen LogP contribution in [0.1, 0.15) is 44.7 Å². The van der Waals surface area contributed by atoms with E-state index in [1.807, 2.05) is 18.2 Å². The summed E-state index contributed by atoms with van der Waals surface area (Å²) in [5.41, 5.74) is 1.50. The Kier molecular flexibility index (Phi) is 5.03. The zero-order valence-electron chi connectivity index (χ0n) is 14.3. The van der Waals surface area contributed by atoms with Gasteiger partial charge in [0.25, 0.3) is 0 Å². The van der Waals surface area contributed by atoms with Crippen molar-refractivity contribution in [3.05, 3.63) is 23.9 Å². The molecular formula is C18H28N4O. The van der Waals surface area contributed by atoms with Crippen LogP contribution in [0.5, 0.6) is 5.88 Å². The summed E-state index contributed by atoms with van der Waals surface area (Å²) < 4.78 is 5.19. The van der Waals surface area contributed by atoms with E-state index in [4.69, 9.17) is 9.73 Å². The number of ether oxygens (including phenoxy) is 1. The maximum absolute atomic E-state index is 5.19. The number of hydrogen-bond donors (Lipinski definition) is 1. The first-order chi connectivity index (χ1) is 11.2. The van der Waals surface area contributed by atoms with Gasteiger partial charge in [0.15, 0.2) is 5.96 Å². The Morgan fingerprint density at radius 1 is 1.35 bits per heavy atom. The van der Waals surface area contributed by atoms with E-state index in [2.05, 4.69) is 22.1 Å². The van der Waals surface area contributed by atoms with Crippen LogP contribution in [0.15, 0.2) is 23.2 Å². The van der Waals surface area contributed by atoms with Crippen molar-refractivity contribution in [2.24, 2.45) is 10.4 Å². The van der Waals surface area contributed by atoms with E-state index in [-0.39, 0.29) is 0 Å². The van der Waals surface area contributed by atoms with E-state index < -0.39 is 0 Å². The van der Waals surface area contributed by atoms with Crippen molar-refractivity contribution in [2.45, 2.75) is 45.6 Å². The van der Waals surface area contributed by atoms with Gasteiger partial charge in [-0.1, -0.05) is 18.9 Å². The van der Waals surface area contributed by atoms with E-state index in [1.54, 1.807) is 7.11 Å². The summed E-state index contributed by atoms with van der Waals surface area (Å²) in [5, 5.41) is 3.45. The standard InChI is InChI=1S/C18H28N4O/c1-3-19-17(20-13-15-7-6-8-16(21-15)23-2)22-12-11-18(14-22)9-4-5-10-18/h6-8H,3-5,9-14H2,1-2H3,(H,19,20). The minimum Gasteiger partial charge on any atom is -0.481 e. The van der Waals surface area contributed by atoms with E-state index in [1.165, 1.54) is 32.1 Å². The largest absolute Gasteiger partial charge is 0.481 e. The Morgan fingerprint density at radius 2 is 2.17 bits per heavy atom. The number of pyridine rings is 1. The molecule has 126 valence electrons. The van der Waals surface area contributed by atoms with E-state index in [9.17, 15) is 0 Å². The third-order valence-electron chi connectivity index (χ3n) is 5.12. The monoisotopic (exact) mass is 316 g/mol. The summed E-state index contributed by atoms with van der Waals surface area (Å²) in [4.78, 5) is 11.7. The molecule has 0 amide bonds. The number of aromatic nitrogens is 1. The molecule has 1 aromatic heterocycles.